The number of carbonyl (C=O) groups is 1. The minimum Gasteiger partial charge on any atom is -0.469 e. The van der Waals surface area contributed by atoms with Crippen molar-refractivity contribution in [1.82, 2.24) is 0 Å². The zero-order valence-corrected chi connectivity index (χ0v) is 6.17. The second-order valence-corrected chi connectivity index (χ2v) is 2.78. The molecule has 58 valence electrons. The van der Waals surface area contributed by atoms with Crippen LogP contribution in [-0.4, -0.2) is 19.1 Å². The Morgan fingerprint density at radius 3 is 2.70 bits per heavy atom. The minimum absolute atomic E-state index is 0.139. The van der Waals surface area contributed by atoms with E-state index in [1.54, 1.807) is 0 Å². The maximum atomic E-state index is 10.7. The number of carbonyl (C=O) groups excluding carboxylic acids is 1. The van der Waals surface area contributed by atoms with Gasteiger partial charge >= 0.3 is 5.97 Å². The fraction of sp³-hybridized carbons (Fsp3) is 0.857. The molecule has 1 aliphatic rings. The average Bonchev–Trinajstić information content (AvgIpc) is 1.96. The summed E-state index contributed by atoms with van der Waals surface area (Å²) in [7, 11) is 1.41. The molecule has 3 heteroatoms. The van der Waals surface area contributed by atoms with E-state index in [1.165, 1.54) is 7.11 Å². The predicted molar refractivity (Wildman–Crippen MR) is 37.3 cm³/mol. The van der Waals surface area contributed by atoms with Crippen molar-refractivity contribution in [2.45, 2.75) is 25.3 Å². The number of methoxy groups -OCH3 is 1. The third-order valence-corrected chi connectivity index (χ3v) is 2.13. The summed E-state index contributed by atoms with van der Waals surface area (Å²) >= 11 is 0. The molecule has 1 rings (SSSR count). The number of hydrogen-bond donors (Lipinski definition) is 1. The summed E-state index contributed by atoms with van der Waals surface area (Å²) in [5.74, 6) is 0.243. The molecule has 1 saturated carbocycles. The Morgan fingerprint density at radius 1 is 1.70 bits per heavy atom. The summed E-state index contributed by atoms with van der Waals surface area (Å²) in [4.78, 5) is 10.7. The van der Waals surface area contributed by atoms with E-state index < -0.39 is 0 Å². The average molecular weight is 143 g/mol. The van der Waals surface area contributed by atoms with E-state index in [0.29, 0.717) is 12.3 Å². The highest BCUT2D eigenvalue weighted by atomic mass is 16.5. The standard InChI is InChI=1S/C7H13NO2/c1-10-7(9)4-5-2-3-6(5)8/h5-6H,2-4,8H2,1H3. The third kappa shape index (κ3) is 1.48. The Kier molecular flexibility index (Phi) is 2.27. The van der Waals surface area contributed by atoms with Gasteiger partial charge in [-0.3, -0.25) is 4.79 Å². The lowest BCUT2D eigenvalue weighted by atomic mass is 9.78. The van der Waals surface area contributed by atoms with E-state index in [9.17, 15) is 4.79 Å². The first-order valence-electron chi connectivity index (χ1n) is 3.56. The van der Waals surface area contributed by atoms with Gasteiger partial charge in [-0.2, -0.15) is 0 Å². The van der Waals surface area contributed by atoms with E-state index in [0.717, 1.165) is 12.8 Å². The van der Waals surface area contributed by atoms with Crippen LogP contribution in [-0.2, 0) is 9.53 Å². The van der Waals surface area contributed by atoms with Gasteiger partial charge in [-0.25, -0.2) is 0 Å². The van der Waals surface area contributed by atoms with Gasteiger partial charge in [-0.15, -0.1) is 0 Å². The SMILES string of the molecule is COC(=O)CC1CCC1N. The summed E-state index contributed by atoms with van der Waals surface area (Å²) in [5.41, 5.74) is 5.62. The van der Waals surface area contributed by atoms with Crippen LogP contribution in [0.3, 0.4) is 0 Å². The van der Waals surface area contributed by atoms with Gasteiger partial charge in [0.25, 0.3) is 0 Å². The van der Waals surface area contributed by atoms with E-state index in [4.69, 9.17) is 5.73 Å². The number of rotatable bonds is 2. The molecule has 0 aliphatic heterocycles. The first kappa shape index (κ1) is 7.54. The smallest absolute Gasteiger partial charge is 0.305 e. The molecule has 1 fully saturated rings. The van der Waals surface area contributed by atoms with Gasteiger partial charge in [0.05, 0.1) is 7.11 Å². The molecule has 2 atom stereocenters. The van der Waals surface area contributed by atoms with Crippen molar-refractivity contribution in [2.75, 3.05) is 7.11 Å². The number of nitrogens with two attached hydrogens (primary N) is 1. The highest BCUT2D eigenvalue weighted by molar-refractivity contribution is 5.69. The predicted octanol–water partition coefficient (Wildman–Crippen LogP) is 0.287. The van der Waals surface area contributed by atoms with E-state index in [-0.39, 0.29) is 12.0 Å². The van der Waals surface area contributed by atoms with Crippen molar-refractivity contribution in [3.63, 3.8) is 0 Å². The highest BCUT2D eigenvalue weighted by Crippen LogP contribution is 2.28. The Balaban J connectivity index is 2.19. The van der Waals surface area contributed by atoms with Gasteiger partial charge in [0.15, 0.2) is 0 Å². The fourth-order valence-corrected chi connectivity index (χ4v) is 1.15. The van der Waals surface area contributed by atoms with Gasteiger partial charge in [0.1, 0.15) is 0 Å². The lowest BCUT2D eigenvalue weighted by Gasteiger charge is -2.32. The van der Waals surface area contributed by atoms with Crippen LogP contribution in [0, 0.1) is 5.92 Å². The summed E-state index contributed by atoms with van der Waals surface area (Å²) in [6, 6.07) is 0.235. The van der Waals surface area contributed by atoms with Crippen molar-refractivity contribution < 1.29 is 9.53 Å². The molecule has 10 heavy (non-hydrogen) atoms. The summed E-state index contributed by atoms with van der Waals surface area (Å²) in [6.07, 6.45) is 2.63. The molecule has 0 aromatic heterocycles. The lowest BCUT2D eigenvalue weighted by Crippen LogP contribution is -2.40. The number of hydrogen-bond acceptors (Lipinski definition) is 3. The maximum Gasteiger partial charge on any atom is 0.305 e. The zero-order valence-electron chi connectivity index (χ0n) is 6.17. The molecule has 0 aromatic carbocycles. The Morgan fingerprint density at radius 2 is 2.40 bits per heavy atom. The van der Waals surface area contributed by atoms with Crippen LogP contribution in [0.15, 0.2) is 0 Å². The molecular formula is C7H13NO2. The molecule has 2 unspecified atom stereocenters. The molecule has 0 heterocycles. The number of ether oxygens (including phenoxy) is 1. The van der Waals surface area contributed by atoms with Crippen LogP contribution in [0.25, 0.3) is 0 Å². The normalized spacial score (nSPS) is 31.0. The molecule has 2 N–H and O–H groups in total. The first-order chi connectivity index (χ1) is 4.74. The van der Waals surface area contributed by atoms with Crippen molar-refractivity contribution in [3.8, 4) is 0 Å². The summed E-state index contributed by atoms with van der Waals surface area (Å²) < 4.78 is 4.51. The van der Waals surface area contributed by atoms with Gasteiger partial charge in [-0.1, -0.05) is 0 Å². The van der Waals surface area contributed by atoms with Crippen molar-refractivity contribution in [3.05, 3.63) is 0 Å². The van der Waals surface area contributed by atoms with Crippen molar-refractivity contribution in [1.29, 1.82) is 0 Å². The van der Waals surface area contributed by atoms with Gasteiger partial charge in [-0.05, 0) is 18.8 Å². The van der Waals surface area contributed by atoms with Crippen LogP contribution in [0.4, 0.5) is 0 Å². The molecule has 0 saturated heterocycles. The summed E-state index contributed by atoms with van der Waals surface area (Å²) in [5, 5.41) is 0. The van der Waals surface area contributed by atoms with Gasteiger partial charge in [0.2, 0.25) is 0 Å². The molecule has 1 aliphatic carbocycles. The molecule has 0 bridgehead atoms. The van der Waals surface area contributed by atoms with E-state index in [2.05, 4.69) is 4.74 Å². The van der Waals surface area contributed by atoms with Crippen LogP contribution in [0.2, 0.25) is 0 Å². The molecule has 0 spiro atoms. The third-order valence-electron chi connectivity index (χ3n) is 2.13. The maximum absolute atomic E-state index is 10.7. The fourth-order valence-electron chi connectivity index (χ4n) is 1.15. The van der Waals surface area contributed by atoms with E-state index >= 15 is 0 Å². The van der Waals surface area contributed by atoms with Crippen LogP contribution >= 0.6 is 0 Å². The van der Waals surface area contributed by atoms with E-state index in [1.807, 2.05) is 0 Å². The second-order valence-electron chi connectivity index (χ2n) is 2.78. The largest absolute Gasteiger partial charge is 0.469 e. The second kappa shape index (κ2) is 3.01. The quantitative estimate of drug-likeness (QED) is 0.565. The molecule has 0 amide bonds. The van der Waals surface area contributed by atoms with Crippen molar-refractivity contribution in [2.24, 2.45) is 11.7 Å². The highest BCUT2D eigenvalue weighted by Gasteiger charge is 2.29. The molecular weight excluding hydrogens is 130 g/mol. The van der Waals surface area contributed by atoms with Crippen LogP contribution in [0.5, 0.6) is 0 Å². The van der Waals surface area contributed by atoms with Crippen LogP contribution in [0.1, 0.15) is 19.3 Å². The first-order valence-corrected chi connectivity index (χ1v) is 3.56. The van der Waals surface area contributed by atoms with Gasteiger partial charge in [0, 0.05) is 12.5 Å². The molecule has 3 nitrogen and oxygen atoms in total. The Hall–Kier alpha value is -0.570. The van der Waals surface area contributed by atoms with Crippen molar-refractivity contribution >= 4 is 5.97 Å². The topological polar surface area (TPSA) is 52.3 Å². The van der Waals surface area contributed by atoms with Crippen LogP contribution < -0.4 is 5.73 Å². The minimum atomic E-state index is -0.139. The lowest BCUT2D eigenvalue weighted by molar-refractivity contribution is -0.142. The Bertz CT molecular complexity index is 136. The van der Waals surface area contributed by atoms with Gasteiger partial charge < -0.3 is 10.5 Å². The molecule has 0 aromatic rings. The Labute approximate surface area is 60.5 Å². The molecule has 0 radical (unpaired) electrons. The zero-order chi connectivity index (χ0) is 7.56. The summed E-state index contributed by atoms with van der Waals surface area (Å²) in [6.45, 7) is 0. The monoisotopic (exact) mass is 143 g/mol. The number of esters is 1.